The number of hydrogen-bond acceptors (Lipinski definition) is 3. The van der Waals surface area contributed by atoms with Crippen LogP contribution in [0.2, 0.25) is 0 Å². The van der Waals surface area contributed by atoms with Gasteiger partial charge in [-0.15, -0.1) is 0 Å². The van der Waals surface area contributed by atoms with E-state index in [-0.39, 0.29) is 0 Å². The largest absolute Gasteiger partial charge is 0.258 e. The summed E-state index contributed by atoms with van der Waals surface area (Å²) >= 11 is 0. The van der Waals surface area contributed by atoms with E-state index >= 15 is 0 Å². The van der Waals surface area contributed by atoms with Gasteiger partial charge in [-0.2, -0.15) is 10.5 Å². The maximum atomic E-state index is 14.5. The zero-order valence-electron chi connectivity index (χ0n) is 19.1. The van der Waals surface area contributed by atoms with E-state index in [0.717, 1.165) is 33.4 Å². The Hall–Kier alpha value is -3.99. The van der Waals surface area contributed by atoms with Gasteiger partial charge in [0, 0.05) is 10.8 Å². The second kappa shape index (κ2) is 10.3. The van der Waals surface area contributed by atoms with Crippen LogP contribution in [0, 0.1) is 36.5 Å². The maximum absolute atomic E-state index is 14.5. The normalized spacial score (nSPS) is 13.3. The minimum atomic E-state index is -1.40. The smallest absolute Gasteiger partial charge is 0.0991 e. The van der Waals surface area contributed by atoms with Crippen molar-refractivity contribution in [3.63, 3.8) is 0 Å². The molecule has 0 saturated carbocycles. The molecule has 0 radical (unpaired) electrons. The van der Waals surface area contributed by atoms with Crippen molar-refractivity contribution in [3.05, 3.63) is 142 Å². The summed E-state index contributed by atoms with van der Waals surface area (Å²) in [7, 11) is -1.40. The first kappa shape index (κ1) is 23.2. The molecule has 0 fully saturated rings. The topological polar surface area (TPSA) is 64.7 Å². The average molecular weight is 461 g/mol. The van der Waals surface area contributed by atoms with Gasteiger partial charge in [-0.25, -0.2) is 0 Å². The number of rotatable bonds is 6. The lowest BCUT2D eigenvalue weighted by molar-refractivity contribution is 0.673. The van der Waals surface area contributed by atoms with Gasteiger partial charge in [-0.1, -0.05) is 83.9 Å². The number of benzene rings is 4. The highest BCUT2D eigenvalue weighted by Crippen LogP contribution is 2.39. The molecule has 0 amide bonds. The quantitative estimate of drug-likeness (QED) is 0.323. The highest BCUT2D eigenvalue weighted by molar-refractivity contribution is 7.86. The van der Waals surface area contributed by atoms with Crippen molar-refractivity contribution in [2.24, 2.45) is 0 Å². The predicted molar refractivity (Wildman–Crippen MR) is 137 cm³/mol. The van der Waals surface area contributed by atoms with Crippen LogP contribution in [0.5, 0.6) is 0 Å². The molecule has 0 spiro atoms. The van der Waals surface area contributed by atoms with Crippen molar-refractivity contribution in [2.75, 3.05) is 0 Å². The Morgan fingerprint density at radius 1 is 0.529 bits per heavy atom. The molecular formula is C30H24N2OS. The van der Waals surface area contributed by atoms with Crippen molar-refractivity contribution in [1.82, 2.24) is 0 Å². The molecule has 0 aliphatic rings. The van der Waals surface area contributed by atoms with Gasteiger partial charge in [0.1, 0.15) is 0 Å². The fourth-order valence-electron chi connectivity index (χ4n) is 4.00. The van der Waals surface area contributed by atoms with E-state index in [2.05, 4.69) is 12.1 Å². The lowest BCUT2D eigenvalue weighted by Gasteiger charge is -2.25. The standard InChI is InChI=1S/C30H24N2OS/c1-21-3-11-25(12-4-21)29(27-15-7-23(19-31)8-16-27)34(33)30(26-13-5-22(2)6-14-26)28-17-9-24(20-32)10-18-28/h3-18,29-30H,1-2H3. The first-order chi connectivity index (χ1) is 16.5. The summed E-state index contributed by atoms with van der Waals surface area (Å²) < 4.78 is 14.5. The lowest BCUT2D eigenvalue weighted by Crippen LogP contribution is -2.17. The van der Waals surface area contributed by atoms with Crippen LogP contribution in [0.15, 0.2) is 97.1 Å². The molecule has 4 aromatic rings. The summed E-state index contributed by atoms with van der Waals surface area (Å²) in [4.78, 5) is 0. The van der Waals surface area contributed by atoms with E-state index in [1.54, 1.807) is 24.3 Å². The molecule has 0 aliphatic carbocycles. The van der Waals surface area contributed by atoms with Crippen LogP contribution in [-0.4, -0.2) is 4.21 Å². The fourth-order valence-corrected chi connectivity index (χ4v) is 5.98. The summed E-state index contributed by atoms with van der Waals surface area (Å²) in [5.41, 5.74) is 7.11. The van der Waals surface area contributed by atoms with E-state index < -0.39 is 21.3 Å². The second-order valence-electron chi connectivity index (χ2n) is 8.38. The highest BCUT2D eigenvalue weighted by Gasteiger charge is 2.30. The third-order valence-corrected chi connectivity index (χ3v) is 7.93. The molecule has 0 bridgehead atoms. The highest BCUT2D eigenvalue weighted by atomic mass is 32.2. The van der Waals surface area contributed by atoms with Crippen molar-refractivity contribution >= 4 is 10.8 Å². The Balaban J connectivity index is 1.87. The van der Waals surface area contributed by atoms with Crippen LogP contribution in [-0.2, 0) is 10.8 Å². The van der Waals surface area contributed by atoms with E-state index in [4.69, 9.17) is 0 Å². The molecule has 3 nitrogen and oxygen atoms in total. The minimum Gasteiger partial charge on any atom is -0.258 e. The summed E-state index contributed by atoms with van der Waals surface area (Å²) in [5, 5.41) is 17.7. The summed E-state index contributed by atoms with van der Waals surface area (Å²) in [6, 6.07) is 35.2. The van der Waals surface area contributed by atoms with Gasteiger partial charge < -0.3 is 0 Å². The van der Waals surface area contributed by atoms with Crippen LogP contribution in [0.4, 0.5) is 0 Å². The average Bonchev–Trinajstić information content (AvgIpc) is 2.87. The van der Waals surface area contributed by atoms with Crippen molar-refractivity contribution < 1.29 is 4.21 Å². The Labute approximate surface area is 203 Å². The first-order valence-corrected chi connectivity index (χ1v) is 12.3. The van der Waals surface area contributed by atoms with Crippen molar-refractivity contribution in [2.45, 2.75) is 24.3 Å². The molecule has 2 atom stereocenters. The number of nitrogens with zero attached hydrogens (tertiary/aromatic N) is 2. The van der Waals surface area contributed by atoms with E-state index in [1.165, 1.54) is 0 Å². The zero-order chi connectivity index (χ0) is 24.1. The Bertz CT molecular complexity index is 1270. The summed E-state index contributed by atoms with van der Waals surface area (Å²) in [6.07, 6.45) is 0. The SMILES string of the molecule is Cc1ccc(C(c2ccc(C#N)cc2)S(=O)C(c2ccc(C)cc2)c2ccc(C#N)cc2)cc1. The molecule has 4 heteroatoms. The number of hydrogen-bond donors (Lipinski definition) is 0. The van der Waals surface area contributed by atoms with Crippen molar-refractivity contribution in [3.8, 4) is 12.1 Å². The third kappa shape index (κ3) is 4.99. The molecule has 4 rings (SSSR count). The molecule has 2 unspecified atom stereocenters. The third-order valence-electron chi connectivity index (χ3n) is 5.91. The summed E-state index contributed by atoms with van der Waals surface area (Å²) in [5.74, 6) is 0. The lowest BCUT2D eigenvalue weighted by atomic mass is 10.0. The van der Waals surface area contributed by atoms with Gasteiger partial charge in [-0.05, 0) is 60.4 Å². The predicted octanol–water partition coefficient (Wildman–Crippen LogP) is 6.67. The molecule has 0 heterocycles. The molecule has 0 N–H and O–H groups in total. The molecule has 4 aromatic carbocycles. The van der Waals surface area contributed by atoms with E-state index in [0.29, 0.717) is 11.1 Å². The van der Waals surface area contributed by atoms with Gasteiger partial charge in [0.2, 0.25) is 0 Å². The molecule has 0 aromatic heterocycles. The molecule has 0 saturated heterocycles. The molecule has 0 aliphatic heterocycles. The zero-order valence-corrected chi connectivity index (χ0v) is 19.9. The number of nitriles is 2. The monoisotopic (exact) mass is 460 g/mol. The minimum absolute atomic E-state index is 0.393. The van der Waals surface area contributed by atoms with Gasteiger partial charge in [0.15, 0.2) is 0 Å². The van der Waals surface area contributed by atoms with Gasteiger partial charge in [0.25, 0.3) is 0 Å². The van der Waals surface area contributed by atoms with Gasteiger partial charge in [0.05, 0.1) is 33.8 Å². The van der Waals surface area contributed by atoms with Crippen molar-refractivity contribution in [1.29, 1.82) is 10.5 Å². The van der Waals surface area contributed by atoms with Crippen LogP contribution in [0.25, 0.3) is 0 Å². The summed E-state index contributed by atoms with van der Waals surface area (Å²) in [6.45, 7) is 4.06. The van der Waals surface area contributed by atoms with Crippen LogP contribution >= 0.6 is 0 Å². The Kier molecular flexibility index (Phi) is 7.02. The second-order valence-corrected chi connectivity index (χ2v) is 9.98. The maximum Gasteiger partial charge on any atom is 0.0991 e. The van der Waals surface area contributed by atoms with Gasteiger partial charge >= 0.3 is 0 Å². The Morgan fingerprint density at radius 2 is 0.794 bits per heavy atom. The van der Waals surface area contributed by atoms with Gasteiger partial charge in [-0.3, -0.25) is 4.21 Å². The van der Waals surface area contributed by atoms with Crippen LogP contribution in [0.3, 0.4) is 0 Å². The molecular weight excluding hydrogens is 436 g/mol. The molecule has 34 heavy (non-hydrogen) atoms. The van der Waals surface area contributed by atoms with Crippen LogP contribution < -0.4 is 0 Å². The molecule has 166 valence electrons. The number of aryl methyl sites for hydroxylation is 2. The Morgan fingerprint density at radius 3 is 1.06 bits per heavy atom. The van der Waals surface area contributed by atoms with E-state index in [1.807, 2.05) is 86.6 Å². The first-order valence-electron chi connectivity index (χ1n) is 11.0. The van der Waals surface area contributed by atoms with Crippen LogP contribution in [0.1, 0.15) is 55.0 Å². The fraction of sp³-hybridized carbons (Fsp3) is 0.133. The van der Waals surface area contributed by atoms with E-state index in [9.17, 15) is 14.7 Å².